The number of nitrogen functional groups attached to an aromatic ring is 1. The van der Waals surface area contributed by atoms with E-state index in [2.05, 4.69) is 20.8 Å². The average Bonchev–Trinajstić information content (AvgIpc) is 2.32. The first-order valence-electron chi connectivity index (χ1n) is 6.23. The highest BCUT2D eigenvalue weighted by Gasteiger charge is 2.13. The van der Waals surface area contributed by atoms with Gasteiger partial charge in [-0.1, -0.05) is 32.9 Å². The Labute approximate surface area is 113 Å². The Balaban J connectivity index is 2.20. The molecule has 0 aliphatic heterocycles. The van der Waals surface area contributed by atoms with Crippen LogP contribution in [0.25, 0.3) is 0 Å². The molecule has 2 aromatic rings. The third-order valence-electron chi connectivity index (χ3n) is 2.94. The summed E-state index contributed by atoms with van der Waals surface area (Å²) in [5.74, 6) is 1.40. The minimum absolute atomic E-state index is 0.121. The second kappa shape index (κ2) is 4.84. The lowest BCUT2D eigenvalue weighted by Gasteiger charge is -2.19. The van der Waals surface area contributed by atoms with E-state index in [1.807, 2.05) is 24.3 Å². The third kappa shape index (κ3) is 3.19. The summed E-state index contributed by atoms with van der Waals surface area (Å²) in [6.45, 7) is 6.50. The van der Waals surface area contributed by atoms with E-state index < -0.39 is 0 Å². The Morgan fingerprint density at radius 1 is 1.00 bits per heavy atom. The van der Waals surface area contributed by atoms with Gasteiger partial charge in [-0.3, -0.25) is 0 Å². The maximum Gasteiger partial charge on any atom is 0.150 e. The van der Waals surface area contributed by atoms with Crippen LogP contribution in [0, 0.1) is 0 Å². The van der Waals surface area contributed by atoms with Crippen molar-refractivity contribution in [3.05, 3.63) is 48.0 Å². The molecule has 2 rings (SSSR count). The summed E-state index contributed by atoms with van der Waals surface area (Å²) < 4.78 is 5.70. The summed E-state index contributed by atoms with van der Waals surface area (Å²) >= 11 is 0. The number of hydrogen-bond donors (Lipinski definition) is 2. The molecule has 0 bridgehead atoms. The maximum atomic E-state index is 9.29. The first kappa shape index (κ1) is 13.3. The molecule has 0 heterocycles. The maximum absolute atomic E-state index is 9.29. The fourth-order valence-electron chi connectivity index (χ4n) is 1.78. The minimum Gasteiger partial charge on any atom is -0.508 e. The van der Waals surface area contributed by atoms with Crippen molar-refractivity contribution in [2.45, 2.75) is 26.2 Å². The van der Waals surface area contributed by atoms with E-state index >= 15 is 0 Å². The van der Waals surface area contributed by atoms with E-state index in [0.717, 1.165) is 5.75 Å². The van der Waals surface area contributed by atoms with Crippen molar-refractivity contribution in [1.82, 2.24) is 0 Å². The van der Waals surface area contributed by atoms with Gasteiger partial charge >= 0.3 is 0 Å². The van der Waals surface area contributed by atoms with Crippen LogP contribution in [-0.4, -0.2) is 5.11 Å². The summed E-state index contributed by atoms with van der Waals surface area (Å²) in [5, 5.41) is 9.29. The van der Waals surface area contributed by atoms with Crippen molar-refractivity contribution in [2.24, 2.45) is 0 Å². The summed E-state index contributed by atoms with van der Waals surface area (Å²) in [6, 6.07) is 12.6. The molecule has 0 unspecified atom stereocenters. The Bertz CT molecular complexity index is 568. The van der Waals surface area contributed by atoms with E-state index in [1.165, 1.54) is 11.6 Å². The molecule has 0 saturated carbocycles. The van der Waals surface area contributed by atoms with Gasteiger partial charge in [0.05, 0.1) is 5.69 Å². The van der Waals surface area contributed by atoms with Gasteiger partial charge in [-0.2, -0.15) is 0 Å². The molecule has 100 valence electrons. The average molecular weight is 257 g/mol. The number of anilines is 1. The van der Waals surface area contributed by atoms with Crippen LogP contribution in [0.4, 0.5) is 5.69 Å². The molecule has 0 radical (unpaired) electrons. The number of nitrogens with two attached hydrogens (primary N) is 1. The van der Waals surface area contributed by atoms with Crippen LogP contribution in [0.2, 0.25) is 0 Å². The Morgan fingerprint density at radius 2 is 1.63 bits per heavy atom. The molecule has 19 heavy (non-hydrogen) atoms. The Hall–Kier alpha value is -2.16. The number of aromatic hydroxyl groups is 1. The predicted molar refractivity (Wildman–Crippen MR) is 77.7 cm³/mol. The van der Waals surface area contributed by atoms with Crippen LogP contribution in [0.1, 0.15) is 26.3 Å². The van der Waals surface area contributed by atoms with Crippen molar-refractivity contribution in [1.29, 1.82) is 0 Å². The summed E-state index contributed by atoms with van der Waals surface area (Å²) in [7, 11) is 0. The van der Waals surface area contributed by atoms with Gasteiger partial charge in [0.2, 0.25) is 0 Å². The Kier molecular flexibility index (Phi) is 3.38. The van der Waals surface area contributed by atoms with Crippen molar-refractivity contribution in [2.75, 3.05) is 5.73 Å². The van der Waals surface area contributed by atoms with Crippen LogP contribution in [-0.2, 0) is 5.41 Å². The zero-order chi connectivity index (χ0) is 14.0. The van der Waals surface area contributed by atoms with E-state index in [9.17, 15) is 5.11 Å². The van der Waals surface area contributed by atoms with Gasteiger partial charge in [0.1, 0.15) is 11.5 Å². The van der Waals surface area contributed by atoms with E-state index in [-0.39, 0.29) is 11.2 Å². The highest BCUT2D eigenvalue weighted by Crippen LogP contribution is 2.31. The molecule has 0 aliphatic carbocycles. The number of ether oxygens (including phenoxy) is 1. The normalized spacial score (nSPS) is 11.3. The fourth-order valence-corrected chi connectivity index (χ4v) is 1.78. The van der Waals surface area contributed by atoms with Crippen LogP contribution >= 0.6 is 0 Å². The van der Waals surface area contributed by atoms with Gasteiger partial charge in [0.25, 0.3) is 0 Å². The summed E-state index contributed by atoms with van der Waals surface area (Å²) in [6.07, 6.45) is 0. The first-order chi connectivity index (χ1) is 8.86. The SMILES string of the molecule is CC(C)(C)c1ccc(Oc2ccc(O)cc2N)cc1. The molecule has 0 fully saturated rings. The lowest BCUT2D eigenvalue weighted by molar-refractivity contribution is 0.466. The highest BCUT2D eigenvalue weighted by molar-refractivity contribution is 5.57. The fraction of sp³-hybridized carbons (Fsp3) is 0.250. The predicted octanol–water partition coefficient (Wildman–Crippen LogP) is 4.06. The van der Waals surface area contributed by atoms with Crippen molar-refractivity contribution >= 4 is 5.69 Å². The van der Waals surface area contributed by atoms with Gasteiger partial charge in [0, 0.05) is 6.07 Å². The minimum atomic E-state index is 0.121. The smallest absolute Gasteiger partial charge is 0.150 e. The van der Waals surface area contributed by atoms with Crippen LogP contribution in [0.5, 0.6) is 17.2 Å². The van der Waals surface area contributed by atoms with Crippen molar-refractivity contribution in [3.63, 3.8) is 0 Å². The summed E-state index contributed by atoms with van der Waals surface area (Å²) in [4.78, 5) is 0. The third-order valence-corrected chi connectivity index (χ3v) is 2.94. The number of hydrogen-bond acceptors (Lipinski definition) is 3. The standard InChI is InChI=1S/C16H19NO2/c1-16(2,3)11-4-7-13(8-5-11)19-15-9-6-12(18)10-14(15)17/h4-10,18H,17H2,1-3H3. The molecule has 0 aliphatic rings. The molecule has 0 spiro atoms. The highest BCUT2D eigenvalue weighted by atomic mass is 16.5. The van der Waals surface area contributed by atoms with Crippen molar-refractivity contribution in [3.8, 4) is 17.2 Å². The number of phenolic OH excluding ortho intramolecular Hbond substituents is 1. The van der Waals surface area contributed by atoms with Gasteiger partial charge in [-0.15, -0.1) is 0 Å². The van der Waals surface area contributed by atoms with E-state index in [4.69, 9.17) is 10.5 Å². The van der Waals surface area contributed by atoms with Crippen LogP contribution in [0.3, 0.4) is 0 Å². The molecule has 0 saturated heterocycles. The largest absolute Gasteiger partial charge is 0.508 e. The van der Waals surface area contributed by atoms with E-state index in [1.54, 1.807) is 12.1 Å². The molecule has 3 heteroatoms. The number of benzene rings is 2. The van der Waals surface area contributed by atoms with E-state index in [0.29, 0.717) is 11.4 Å². The molecule has 0 atom stereocenters. The molecule has 0 aromatic heterocycles. The molecular formula is C16H19NO2. The topological polar surface area (TPSA) is 55.5 Å². The second-order valence-corrected chi connectivity index (χ2v) is 5.60. The van der Waals surface area contributed by atoms with Gasteiger partial charge < -0.3 is 15.6 Å². The zero-order valence-electron chi connectivity index (χ0n) is 11.5. The summed E-state index contributed by atoms with van der Waals surface area (Å²) in [5.41, 5.74) is 7.57. The molecule has 3 nitrogen and oxygen atoms in total. The lowest BCUT2D eigenvalue weighted by atomic mass is 9.87. The van der Waals surface area contributed by atoms with Crippen LogP contribution in [0.15, 0.2) is 42.5 Å². The van der Waals surface area contributed by atoms with Gasteiger partial charge in [0.15, 0.2) is 5.75 Å². The lowest BCUT2D eigenvalue weighted by Crippen LogP contribution is -2.10. The first-order valence-corrected chi connectivity index (χ1v) is 6.23. The van der Waals surface area contributed by atoms with Crippen molar-refractivity contribution < 1.29 is 9.84 Å². The monoisotopic (exact) mass is 257 g/mol. The van der Waals surface area contributed by atoms with Gasteiger partial charge in [-0.25, -0.2) is 0 Å². The quantitative estimate of drug-likeness (QED) is 0.797. The molecule has 2 aromatic carbocycles. The molecule has 0 amide bonds. The second-order valence-electron chi connectivity index (χ2n) is 5.60. The van der Waals surface area contributed by atoms with Gasteiger partial charge in [-0.05, 0) is 35.2 Å². The zero-order valence-corrected chi connectivity index (χ0v) is 11.5. The van der Waals surface area contributed by atoms with Crippen LogP contribution < -0.4 is 10.5 Å². The Morgan fingerprint density at radius 3 is 2.16 bits per heavy atom. The molecule has 3 N–H and O–H groups in total. The number of phenols is 1. The molecular weight excluding hydrogens is 238 g/mol. The number of rotatable bonds is 2.